The van der Waals surface area contributed by atoms with E-state index in [2.05, 4.69) is 134 Å². The molecule has 0 atom stereocenters. The third-order valence-corrected chi connectivity index (χ3v) is 8.00. The Labute approximate surface area is 286 Å². The number of halogens is 2. The Morgan fingerprint density at radius 3 is 2.05 bits per heavy atom. The zero-order chi connectivity index (χ0) is 27.2. The van der Waals surface area contributed by atoms with Crippen LogP contribution in [0.25, 0.3) is 22.0 Å². The Hall–Kier alpha value is -2.19. The second kappa shape index (κ2) is 14.1. The predicted octanol–water partition coefficient (Wildman–Crippen LogP) is 9.12. The molecule has 7 heteroatoms. The standard InChI is InChI=1S/C19H18IN2.C14H8IN2.U/c1-14(21-17-6-4-3-5-7-17)19(12-13-19)15(2)22-18-10-8-16(20)9-11-18;15-14-6-5-12(9-17-14)11-4-3-10-2-1-7-16-13(10)8-11;/h4-11,21-22H,1-2,12-13H2;1,3-9H;/q2*-1;+2. The quantitative estimate of drug-likeness (QED) is 0.0972. The zero-order valence-electron chi connectivity index (χ0n) is 21.7. The van der Waals surface area contributed by atoms with Gasteiger partial charge >= 0.3 is 31.1 Å². The van der Waals surface area contributed by atoms with Crippen molar-refractivity contribution in [3.63, 3.8) is 0 Å². The molecule has 3 aromatic carbocycles. The number of aromatic nitrogens is 2. The second-order valence-corrected chi connectivity index (χ2v) is 11.6. The Morgan fingerprint density at radius 1 is 0.775 bits per heavy atom. The molecule has 2 heterocycles. The summed E-state index contributed by atoms with van der Waals surface area (Å²) >= 11 is 4.51. The number of hydrogen-bond acceptors (Lipinski definition) is 4. The van der Waals surface area contributed by atoms with Crippen LogP contribution in [-0.4, -0.2) is 9.97 Å². The van der Waals surface area contributed by atoms with Crippen LogP contribution in [-0.2, 0) is 0 Å². The fourth-order valence-electron chi connectivity index (χ4n) is 4.23. The third-order valence-electron chi connectivity index (χ3n) is 6.64. The van der Waals surface area contributed by atoms with Gasteiger partial charge in [0.25, 0.3) is 0 Å². The number of rotatable bonds is 7. The molecule has 0 spiro atoms. The first-order valence-electron chi connectivity index (χ1n) is 12.5. The minimum atomic E-state index is -0.0530. The average molecular weight is 970 g/mol. The van der Waals surface area contributed by atoms with Gasteiger partial charge in [-0.15, -0.1) is 35.7 Å². The van der Waals surface area contributed by atoms with E-state index < -0.39 is 0 Å². The van der Waals surface area contributed by atoms with Crippen molar-refractivity contribution in [1.82, 2.24) is 9.97 Å². The van der Waals surface area contributed by atoms with E-state index in [0.717, 1.165) is 61.3 Å². The molecule has 0 aliphatic heterocycles. The van der Waals surface area contributed by atoms with Gasteiger partial charge in [0.1, 0.15) is 3.70 Å². The van der Waals surface area contributed by atoms with Gasteiger partial charge in [-0.25, -0.2) is 4.98 Å². The fourth-order valence-corrected chi connectivity index (χ4v) is 4.91. The van der Waals surface area contributed by atoms with E-state index in [0.29, 0.717) is 0 Å². The first-order chi connectivity index (χ1) is 18.9. The van der Waals surface area contributed by atoms with E-state index in [1.54, 1.807) is 6.20 Å². The number of benzene rings is 3. The molecule has 196 valence electrons. The van der Waals surface area contributed by atoms with Crippen molar-refractivity contribution in [3.05, 3.63) is 141 Å². The van der Waals surface area contributed by atoms with Crippen LogP contribution in [0.15, 0.2) is 122 Å². The first kappa shape index (κ1) is 30.8. The van der Waals surface area contributed by atoms with Crippen molar-refractivity contribution < 1.29 is 31.1 Å². The minimum Gasteiger partial charge on any atom is -0.381 e. The Morgan fingerprint density at radius 2 is 1.43 bits per heavy atom. The van der Waals surface area contributed by atoms with Gasteiger partial charge in [0.15, 0.2) is 0 Å². The monoisotopic (exact) mass is 970 g/mol. The van der Waals surface area contributed by atoms with Gasteiger partial charge in [-0.3, -0.25) is 0 Å². The second-order valence-electron chi connectivity index (χ2n) is 9.28. The zero-order valence-corrected chi connectivity index (χ0v) is 30.2. The number of hydrogen-bond donors (Lipinski definition) is 2. The molecule has 0 saturated heterocycles. The van der Waals surface area contributed by atoms with E-state index in [-0.39, 0.29) is 36.5 Å². The molecular weight excluding hydrogens is 944 g/mol. The number of pyridine rings is 2. The summed E-state index contributed by atoms with van der Waals surface area (Å²) in [5.74, 6) is 0. The van der Waals surface area contributed by atoms with Crippen LogP contribution >= 0.6 is 45.2 Å². The van der Waals surface area contributed by atoms with Gasteiger partial charge in [0.2, 0.25) is 0 Å². The number of nitrogens with one attached hydrogen (secondary N) is 2. The fraction of sp³-hybridized carbons (Fsp3) is 0.0909. The van der Waals surface area contributed by atoms with Gasteiger partial charge in [-0.1, -0.05) is 43.2 Å². The number of anilines is 2. The molecule has 1 fully saturated rings. The molecule has 0 bridgehead atoms. The van der Waals surface area contributed by atoms with Gasteiger partial charge in [0.05, 0.1) is 0 Å². The molecule has 5 aromatic rings. The summed E-state index contributed by atoms with van der Waals surface area (Å²) < 4.78 is 2.22. The van der Waals surface area contributed by atoms with Crippen molar-refractivity contribution in [2.24, 2.45) is 5.41 Å². The molecule has 2 N–H and O–H groups in total. The summed E-state index contributed by atoms with van der Waals surface area (Å²) in [6, 6.07) is 34.4. The molecule has 4 nitrogen and oxygen atoms in total. The maximum atomic E-state index is 4.33. The van der Waals surface area contributed by atoms with Crippen LogP contribution in [0.3, 0.4) is 0 Å². The summed E-state index contributed by atoms with van der Waals surface area (Å²) in [4.78, 5) is 8.63. The summed E-state index contributed by atoms with van der Waals surface area (Å²) in [7, 11) is 0. The van der Waals surface area contributed by atoms with Crippen LogP contribution < -0.4 is 10.6 Å². The number of fused-ring (bicyclic) bond motifs is 1. The third kappa shape index (κ3) is 7.75. The van der Waals surface area contributed by atoms with Crippen molar-refractivity contribution in [2.45, 2.75) is 12.8 Å². The van der Waals surface area contributed by atoms with E-state index >= 15 is 0 Å². The van der Waals surface area contributed by atoms with Gasteiger partial charge in [0, 0.05) is 32.3 Å². The maximum absolute atomic E-state index is 4.33. The molecular formula is C33H26I2N4U. The minimum absolute atomic E-state index is 0. The molecule has 0 amide bonds. The van der Waals surface area contributed by atoms with Crippen LogP contribution in [0.4, 0.5) is 11.4 Å². The molecule has 1 aliphatic rings. The molecule has 0 unspecified atom stereocenters. The first-order valence-corrected chi connectivity index (χ1v) is 14.6. The summed E-state index contributed by atoms with van der Waals surface area (Å²) in [5, 5.41) is 7.87. The Bertz CT molecular complexity index is 1600. The molecule has 40 heavy (non-hydrogen) atoms. The maximum Gasteiger partial charge on any atom is 2.00 e. The summed E-state index contributed by atoms with van der Waals surface area (Å²) in [6.45, 7) is 8.49. The Kier molecular flexibility index (Phi) is 10.9. The number of nitrogens with zero attached hydrogens (tertiary/aromatic N) is 2. The predicted molar refractivity (Wildman–Crippen MR) is 178 cm³/mol. The van der Waals surface area contributed by atoms with E-state index in [1.165, 1.54) is 3.57 Å². The van der Waals surface area contributed by atoms with Crippen molar-refractivity contribution >= 4 is 67.5 Å². The smallest absolute Gasteiger partial charge is 0.381 e. The van der Waals surface area contributed by atoms with Gasteiger partial charge < -0.3 is 15.6 Å². The van der Waals surface area contributed by atoms with E-state index in [9.17, 15) is 0 Å². The van der Waals surface area contributed by atoms with Gasteiger partial charge in [-0.2, -0.15) is 18.2 Å². The van der Waals surface area contributed by atoms with Crippen LogP contribution in [0.1, 0.15) is 12.8 Å². The molecule has 6 rings (SSSR count). The largest absolute Gasteiger partial charge is 2.00 e. The normalized spacial score (nSPS) is 12.8. The molecule has 2 aromatic heterocycles. The molecule has 1 aliphatic carbocycles. The topological polar surface area (TPSA) is 49.8 Å². The average Bonchev–Trinajstić information content (AvgIpc) is 3.78. The van der Waals surface area contributed by atoms with Crippen LogP contribution in [0.5, 0.6) is 0 Å². The van der Waals surface area contributed by atoms with Crippen molar-refractivity contribution in [3.8, 4) is 11.1 Å². The van der Waals surface area contributed by atoms with Crippen LogP contribution in [0, 0.1) is 55.9 Å². The summed E-state index contributed by atoms with van der Waals surface area (Å²) in [6.07, 6.45) is 5.80. The van der Waals surface area contributed by atoms with E-state index in [1.807, 2.05) is 48.7 Å². The Balaban J connectivity index is 0.000000186. The SMILES string of the molecule is C=C(Nc1cc[c-]cc1)C1(C(=C)Nc2ccc(I)cc2)CC1.Ic1ccc(-c2ccc3[c-]ccnc3c2)cn1.[U+2]. The van der Waals surface area contributed by atoms with Gasteiger partial charge in [-0.05, 0) is 105 Å². The molecule has 1 saturated carbocycles. The van der Waals surface area contributed by atoms with Crippen molar-refractivity contribution in [1.29, 1.82) is 0 Å². The van der Waals surface area contributed by atoms with Crippen molar-refractivity contribution in [2.75, 3.05) is 10.6 Å². The summed E-state index contributed by atoms with van der Waals surface area (Å²) in [5.41, 5.74) is 7.27. The molecule has 0 radical (unpaired) electrons. The van der Waals surface area contributed by atoms with Crippen LogP contribution in [0.2, 0.25) is 0 Å². The van der Waals surface area contributed by atoms with E-state index in [4.69, 9.17) is 0 Å².